The van der Waals surface area contributed by atoms with Crippen LogP contribution in [0.3, 0.4) is 0 Å². The molecule has 0 unspecified atom stereocenters. The van der Waals surface area contributed by atoms with Gasteiger partial charge < -0.3 is 10.4 Å². The van der Waals surface area contributed by atoms with E-state index < -0.39 is 9.84 Å². The summed E-state index contributed by atoms with van der Waals surface area (Å²) in [6.07, 6.45) is 3.73. The molecule has 0 saturated heterocycles. The second-order valence-electron chi connectivity index (χ2n) is 3.69. The largest absolute Gasteiger partial charge is 0.392 e. The van der Waals surface area contributed by atoms with Gasteiger partial charge in [-0.2, -0.15) is 0 Å². The maximum atomic E-state index is 10.8. The highest BCUT2D eigenvalue weighted by atomic mass is 32.2. The number of sulfone groups is 1. The summed E-state index contributed by atoms with van der Waals surface area (Å²) in [6.45, 7) is 0.445. The van der Waals surface area contributed by atoms with Crippen LogP contribution < -0.4 is 5.32 Å². The lowest BCUT2D eigenvalue weighted by molar-refractivity contribution is 0.150. The Balaban J connectivity index is 2.19. The standard InChI is InChI=1S/C8H17NO3S/c1-13(11,12)6-5-9-7-3-2-4-8(7)10/h7-10H,2-6H2,1H3/t7-,8-/m1/s1. The van der Waals surface area contributed by atoms with E-state index in [0.29, 0.717) is 6.54 Å². The van der Waals surface area contributed by atoms with E-state index in [2.05, 4.69) is 5.32 Å². The normalized spacial score (nSPS) is 29.4. The van der Waals surface area contributed by atoms with Gasteiger partial charge >= 0.3 is 0 Å². The molecule has 1 rings (SSSR count). The van der Waals surface area contributed by atoms with Gasteiger partial charge in [-0.05, 0) is 19.3 Å². The zero-order chi connectivity index (χ0) is 9.90. The molecule has 1 aliphatic carbocycles. The number of rotatable bonds is 4. The summed E-state index contributed by atoms with van der Waals surface area (Å²) >= 11 is 0. The van der Waals surface area contributed by atoms with E-state index in [1.54, 1.807) is 0 Å². The van der Waals surface area contributed by atoms with Gasteiger partial charge in [0.1, 0.15) is 9.84 Å². The fourth-order valence-corrected chi connectivity index (χ4v) is 2.10. The predicted molar refractivity (Wildman–Crippen MR) is 51.4 cm³/mol. The Hall–Kier alpha value is -0.130. The van der Waals surface area contributed by atoms with Gasteiger partial charge in [0.05, 0.1) is 11.9 Å². The molecular weight excluding hydrogens is 190 g/mol. The molecule has 2 atom stereocenters. The first-order valence-corrected chi connectivity index (χ1v) is 6.64. The monoisotopic (exact) mass is 207 g/mol. The molecule has 0 spiro atoms. The summed E-state index contributed by atoms with van der Waals surface area (Å²) in [5.74, 6) is 0.149. The summed E-state index contributed by atoms with van der Waals surface area (Å²) in [7, 11) is -2.88. The fourth-order valence-electron chi connectivity index (χ4n) is 1.61. The molecule has 78 valence electrons. The summed E-state index contributed by atoms with van der Waals surface area (Å²) < 4.78 is 21.6. The lowest BCUT2D eigenvalue weighted by Crippen LogP contribution is -2.38. The van der Waals surface area contributed by atoms with E-state index in [4.69, 9.17) is 0 Å². The van der Waals surface area contributed by atoms with Crippen molar-refractivity contribution in [2.75, 3.05) is 18.6 Å². The van der Waals surface area contributed by atoms with Crippen LogP contribution in [0.1, 0.15) is 19.3 Å². The maximum absolute atomic E-state index is 10.8. The van der Waals surface area contributed by atoms with Crippen molar-refractivity contribution in [3.8, 4) is 0 Å². The first kappa shape index (κ1) is 10.9. The van der Waals surface area contributed by atoms with Gasteiger partial charge in [-0.3, -0.25) is 0 Å². The molecule has 1 saturated carbocycles. The number of hydrogen-bond donors (Lipinski definition) is 2. The first-order valence-electron chi connectivity index (χ1n) is 4.58. The van der Waals surface area contributed by atoms with Gasteiger partial charge in [0.15, 0.2) is 0 Å². The molecule has 13 heavy (non-hydrogen) atoms. The van der Waals surface area contributed by atoms with E-state index in [1.807, 2.05) is 0 Å². The van der Waals surface area contributed by atoms with E-state index >= 15 is 0 Å². The minimum atomic E-state index is -2.88. The molecule has 0 aromatic carbocycles. The molecule has 2 N–H and O–H groups in total. The predicted octanol–water partition coefficient (Wildman–Crippen LogP) is -0.466. The molecule has 0 radical (unpaired) electrons. The van der Waals surface area contributed by atoms with Gasteiger partial charge in [-0.15, -0.1) is 0 Å². The Kier molecular flexibility index (Phi) is 3.70. The lowest BCUT2D eigenvalue weighted by atomic mass is 10.2. The Bertz CT molecular complexity index is 250. The van der Waals surface area contributed by atoms with Gasteiger partial charge in [-0.1, -0.05) is 0 Å². The van der Waals surface area contributed by atoms with Crippen LogP contribution in [0.25, 0.3) is 0 Å². The van der Waals surface area contributed by atoms with E-state index in [-0.39, 0.29) is 17.9 Å². The van der Waals surface area contributed by atoms with Gasteiger partial charge in [-0.25, -0.2) is 8.42 Å². The van der Waals surface area contributed by atoms with E-state index in [1.165, 1.54) is 6.26 Å². The van der Waals surface area contributed by atoms with Crippen LogP contribution in [0.4, 0.5) is 0 Å². The van der Waals surface area contributed by atoms with Crippen LogP contribution in [0.5, 0.6) is 0 Å². The van der Waals surface area contributed by atoms with Gasteiger partial charge in [0.25, 0.3) is 0 Å². The highest BCUT2D eigenvalue weighted by Crippen LogP contribution is 2.18. The quantitative estimate of drug-likeness (QED) is 0.654. The van der Waals surface area contributed by atoms with E-state index in [0.717, 1.165) is 19.3 Å². The third kappa shape index (κ3) is 4.06. The third-order valence-electron chi connectivity index (χ3n) is 2.36. The molecule has 0 aromatic rings. The van der Waals surface area contributed by atoms with Crippen LogP contribution >= 0.6 is 0 Å². The van der Waals surface area contributed by atoms with Gasteiger partial charge in [0, 0.05) is 18.8 Å². The van der Waals surface area contributed by atoms with Gasteiger partial charge in [0.2, 0.25) is 0 Å². The van der Waals surface area contributed by atoms with Crippen LogP contribution in [0.2, 0.25) is 0 Å². The maximum Gasteiger partial charge on any atom is 0.148 e. The zero-order valence-corrected chi connectivity index (χ0v) is 8.68. The van der Waals surface area contributed by atoms with Crippen LogP contribution in [0.15, 0.2) is 0 Å². The molecule has 1 aliphatic rings. The van der Waals surface area contributed by atoms with Crippen LogP contribution in [-0.2, 0) is 9.84 Å². The summed E-state index contributed by atoms with van der Waals surface area (Å²) in [5.41, 5.74) is 0. The highest BCUT2D eigenvalue weighted by molar-refractivity contribution is 7.90. The minimum Gasteiger partial charge on any atom is -0.392 e. The number of nitrogens with one attached hydrogen (secondary N) is 1. The zero-order valence-electron chi connectivity index (χ0n) is 7.86. The highest BCUT2D eigenvalue weighted by Gasteiger charge is 2.24. The van der Waals surface area contributed by atoms with Crippen molar-refractivity contribution in [1.29, 1.82) is 0 Å². The van der Waals surface area contributed by atoms with Crippen molar-refractivity contribution in [3.05, 3.63) is 0 Å². The molecule has 1 fully saturated rings. The molecule has 5 heteroatoms. The van der Waals surface area contributed by atoms with E-state index in [9.17, 15) is 13.5 Å². The van der Waals surface area contributed by atoms with Crippen molar-refractivity contribution in [3.63, 3.8) is 0 Å². The molecule has 0 bridgehead atoms. The lowest BCUT2D eigenvalue weighted by Gasteiger charge is -2.15. The van der Waals surface area contributed by atoms with Crippen LogP contribution in [0, 0.1) is 0 Å². The van der Waals surface area contributed by atoms with Crippen molar-refractivity contribution in [1.82, 2.24) is 5.32 Å². The Morgan fingerprint density at radius 2 is 2.15 bits per heavy atom. The topological polar surface area (TPSA) is 66.4 Å². The molecular formula is C8H17NO3S. The Labute approximate surface area is 79.3 Å². The smallest absolute Gasteiger partial charge is 0.148 e. The van der Waals surface area contributed by atoms with Crippen molar-refractivity contribution >= 4 is 9.84 Å². The first-order chi connectivity index (χ1) is 5.99. The molecule has 4 nitrogen and oxygen atoms in total. The molecule has 0 heterocycles. The summed E-state index contributed by atoms with van der Waals surface area (Å²) in [5, 5.41) is 12.5. The van der Waals surface area contributed by atoms with Crippen molar-refractivity contribution in [2.24, 2.45) is 0 Å². The summed E-state index contributed by atoms with van der Waals surface area (Å²) in [4.78, 5) is 0. The fraction of sp³-hybridized carbons (Fsp3) is 1.00. The molecule has 0 aromatic heterocycles. The SMILES string of the molecule is CS(=O)(=O)CCN[C@@H]1CCC[C@H]1O. The number of hydrogen-bond acceptors (Lipinski definition) is 4. The summed E-state index contributed by atoms with van der Waals surface area (Å²) in [6, 6.07) is 0.0988. The van der Waals surface area contributed by atoms with Crippen molar-refractivity contribution in [2.45, 2.75) is 31.4 Å². The Morgan fingerprint density at radius 3 is 2.62 bits per heavy atom. The second-order valence-corrected chi connectivity index (χ2v) is 5.95. The minimum absolute atomic E-state index is 0.0988. The molecule has 0 aliphatic heterocycles. The third-order valence-corrected chi connectivity index (χ3v) is 3.30. The Morgan fingerprint density at radius 1 is 1.46 bits per heavy atom. The molecule has 0 amide bonds. The average Bonchev–Trinajstić information content (AvgIpc) is 2.34. The number of aliphatic hydroxyl groups excluding tert-OH is 1. The number of aliphatic hydroxyl groups is 1. The average molecular weight is 207 g/mol. The van der Waals surface area contributed by atoms with Crippen molar-refractivity contribution < 1.29 is 13.5 Å². The van der Waals surface area contributed by atoms with Crippen LogP contribution in [-0.4, -0.2) is 44.2 Å². The second kappa shape index (κ2) is 4.39.